The summed E-state index contributed by atoms with van der Waals surface area (Å²) in [5, 5.41) is 24.1. The van der Waals surface area contributed by atoms with Gasteiger partial charge in [-0.15, -0.1) is 21.5 Å². The summed E-state index contributed by atoms with van der Waals surface area (Å²) in [4.78, 5) is 23.6. The molecule has 0 atom stereocenters. The zero-order valence-electron chi connectivity index (χ0n) is 13.9. The fraction of sp³-hybridized carbons (Fsp3) is 0.188. The van der Waals surface area contributed by atoms with Crippen LogP contribution in [0.3, 0.4) is 0 Å². The van der Waals surface area contributed by atoms with E-state index in [1.54, 1.807) is 17.7 Å². The first-order chi connectivity index (χ1) is 13.0. The van der Waals surface area contributed by atoms with Crippen LogP contribution in [-0.4, -0.2) is 31.3 Å². The molecule has 3 rings (SSSR count). The molecule has 11 heteroatoms. The Hall–Kier alpha value is -2.43. The third-order valence-corrected chi connectivity index (χ3v) is 5.76. The summed E-state index contributed by atoms with van der Waals surface area (Å²) in [7, 11) is 0. The molecule has 3 aromatic rings. The molecule has 1 N–H and O–H groups in total. The van der Waals surface area contributed by atoms with Gasteiger partial charge in [-0.2, -0.15) is 0 Å². The Balaban J connectivity index is 1.54. The SMILES string of the molecule is O=C(CSc1nncn1CCc1cccs1)Nc1ccc([N+](=O)[O-])cc1Cl. The van der Waals surface area contributed by atoms with Gasteiger partial charge in [0.25, 0.3) is 5.69 Å². The standard InChI is InChI=1S/C16H14ClN5O3S2/c17-13-8-11(22(24)25)3-4-14(13)19-15(23)9-27-16-20-18-10-21(16)6-5-12-2-1-7-26-12/h1-4,7-8,10H,5-6,9H2,(H,19,23). The van der Waals surface area contributed by atoms with Gasteiger partial charge in [0.1, 0.15) is 6.33 Å². The van der Waals surface area contributed by atoms with E-state index >= 15 is 0 Å². The summed E-state index contributed by atoms with van der Waals surface area (Å²) in [6, 6.07) is 7.98. The summed E-state index contributed by atoms with van der Waals surface area (Å²) >= 11 is 8.94. The second-order valence-corrected chi connectivity index (χ2v) is 7.78. The van der Waals surface area contributed by atoms with Crippen molar-refractivity contribution < 1.29 is 9.72 Å². The number of nitro benzene ring substituents is 1. The average molecular weight is 424 g/mol. The molecule has 0 spiro atoms. The van der Waals surface area contributed by atoms with Crippen LogP contribution < -0.4 is 5.32 Å². The number of nitrogens with zero attached hydrogens (tertiary/aromatic N) is 4. The van der Waals surface area contributed by atoms with Gasteiger partial charge in [0.2, 0.25) is 5.91 Å². The van der Waals surface area contributed by atoms with E-state index in [-0.39, 0.29) is 22.4 Å². The van der Waals surface area contributed by atoms with E-state index in [1.165, 1.54) is 34.8 Å². The lowest BCUT2D eigenvalue weighted by Gasteiger charge is -2.08. The minimum absolute atomic E-state index is 0.113. The average Bonchev–Trinajstić information content (AvgIpc) is 3.31. The second-order valence-electron chi connectivity index (χ2n) is 5.39. The molecule has 27 heavy (non-hydrogen) atoms. The van der Waals surface area contributed by atoms with E-state index < -0.39 is 4.92 Å². The maximum Gasteiger partial charge on any atom is 0.271 e. The fourth-order valence-electron chi connectivity index (χ4n) is 2.23. The highest BCUT2D eigenvalue weighted by Crippen LogP contribution is 2.27. The third-order valence-electron chi connectivity index (χ3n) is 3.53. The van der Waals surface area contributed by atoms with Crippen LogP contribution in [0.1, 0.15) is 4.88 Å². The number of halogens is 1. The number of carbonyl (C=O) groups is 1. The number of thiophene rings is 1. The number of nitro groups is 1. The molecular formula is C16H14ClN5O3S2. The predicted molar refractivity (Wildman–Crippen MR) is 106 cm³/mol. The molecule has 0 aliphatic carbocycles. The number of hydrogen-bond acceptors (Lipinski definition) is 7. The van der Waals surface area contributed by atoms with Gasteiger partial charge >= 0.3 is 0 Å². The first-order valence-electron chi connectivity index (χ1n) is 7.79. The van der Waals surface area contributed by atoms with Gasteiger partial charge < -0.3 is 9.88 Å². The van der Waals surface area contributed by atoms with Crippen molar-refractivity contribution in [2.45, 2.75) is 18.1 Å². The van der Waals surface area contributed by atoms with Gasteiger partial charge in [0.15, 0.2) is 5.16 Å². The van der Waals surface area contributed by atoms with E-state index in [9.17, 15) is 14.9 Å². The quantitative estimate of drug-likeness (QED) is 0.335. The van der Waals surface area contributed by atoms with Crippen molar-refractivity contribution in [3.63, 3.8) is 0 Å². The molecule has 8 nitrogen and oxygen atoms in total. The predicted octanol–water partition coefficient (Wildman–Crippen LogP) is 3.87. The lowest BCUT2D eigenvalue weighted by Crippen LogP contribution is -2.15. The van der Waals surface area contributed by atoms with Crippen LogP contribution in [0, 0.1) is 10.1 Å². The van der Waals surface area contributed by atoms with Crippen LogP contribution in [0.25, 0.3) is 0 Å². The molecule has 0 bridgehead atoms. The minimum atomic E-state index is -0.545. The van der Waals surface area contributed by atoms with Crippen LogP contribution in [-0.2, 0) is 17.8 Å². The number of thioether (sulfide) groups is 1. The van der Waals surface area contributed by atoms with Crippen molar-refractivity contribution in [2.24, 2.45) is 0 Å². The van der Waals surface area contributed by atoms with Gasteiger partial charge in [0.05, 0.1) is 21.4 Å². The number of amides is 1. The zero-order chi connectivity index (χ0) is 19.2. The Morgan fingerprint density at radius 3 is 2.96 bits per heavy atom. The van der Waals surface area contributed by atoms with Crippen molar-refractivity contribution in [1.29, 1.82) is 0 Å². The number of anilines is 1. The molecule has 0 unspecified atom stereocenters. The Morgan fingerprint density at radius 1 is 1.41 bits per heavy atom. The summed E-state index contributed by atoms with van der Waals surface area (Å²) < 4.78 is 1.90. The second kappa shape index (κ2) is 8.98. The van der Waals surface area contributed by atoms with Crippen LogP contribution in [0.15, 0.2) is 47.2 Å². The molecular weight excluding hydrogens is 410 g/mol. The summed E-state index contributed by atoms with van der Waals surface area (Å²) in [6.45, 7) is 0.728. The van der Waals surface area contributed by atoms with Crippen LogP contribution >= 0.6 is 34.7 Å². The van der Waals surface area contributed by atoms with Crippen molar-refractivity contribution in [2.75, 3.05) is 11.1 Å². The Labute approximate surface area is 167 Å². The molecule has 2 aromatic heterocycles. The highest BCUT2D eigenvalue weighted by atomic mass is 35.5. The molecule has 2 heterocycles. The normalized spacial score (nSPS) is 10.7. The lowest BCUT2D eigenvalue weighted by atomic mass is 10.3. The molecule has 1 aromatic carbocycles. The molecule has 140 valence electrons. The van der Waals surface area contributed by atoms with Crippen molar-refractivity contribution in [3.8, 4) is 0 Å². The molecule has 0 saturated heterocycles. The van der Waals surface area contributed by atoms with E-state index in [1.807, 2.05) is 16.0 Å². The minimum Gasteiger partial charge on any atom is -0.324 e. The Bertz CT molecular complexity index is 945. The molecule has 0 saturated carbocycles. The third kappa shape index (κ3) is 5.28. The molecule has 0 radical (unpaired) electrons. The lowest BCUT2D eigenvalue weighted by molar-refractivity contribution is -0.384. The maximum absolute atomic E-state index is 12.2. The van der Waals surface area contributed by atoms with Gasteiger partial charge in [-0.05, 0) is 23.9 Å². The number of rotatable bonds is 8. The first-order valence-corrected chi connectivity index (χ1v) is 10.0. The summed E-state index contributed by atoms with van der Waals surface area (Å²) in [5.74, 6) is -0.172. The number of nitrogens with one attached hydrogen (secondary N) is 1. The molecule has 0 aliphatic heterocycles. The van der Waals surface area contributed by atoms with Gasteiger partial charge in [-0.25, -0.2) is 0 Å². The zero-order valence-corrected chi connectivity index (χ0v) is 16.3. The fourth-order valence-corrected chi connectivity index (χ4v) is 3.89. The van der Waals surface area contributed by atoms with Crippen LogP contribution in [0.2, 0.25) is 5.02 Å². The molecule has 0 aliphatic rings. The van der Waals surface area contributed by atoms with Crippen molar-refractivity contribution in [1.82, 2.24) is 14.8 Å². The molecule has 1 amide bonds. The van der Waals surface area contributed by atoms with Gasteiger partial charge in [0, 0.05) is 23.6 Å². The van der Waals surface area contributed by atoms with Crippen molar-refractivity contribution >= 4 is 52.0 Å². The largest absolute Gasteiger partial charge is 0.324 e. The number of aromatic nitrogens is 3. The first kappa shape index (κ1) is 19.3. The van der Waals surface area contributed by atoms with E-state index in [4.69, 9.17) is 11.6 Å². The van der Waals surface area contributed by atoms with Crippen LogP contribution in [0.5, 0.6) is 0 Å². The smallest absolute Gasteiger partial charge is 0.271 e. The Kier molecular flexibility index (Phi) is 6.43. The summed E-state index contributed by atoms with van der Waals surface area (Å²) in [5.41, 5.74) is 0.193. The Morgan fingerprint density at radius 2 is 2.26 bits per heavy atom. The number of aryl methyl sites for hydroxylation is 2. The van der Waals surface area contributed by atoms with Crippen molar-refractivity contribution in [3.05, 3.63) is 62.1 Å². The van der Waals surface area contributed by atoms with Gasteiger partial charge in [-0.3, -0.25) is 14.9 Å². The highest BCUT2D eigenvalue weighted by Gasteiger charge is 2.13. The van der Waals surface area contributed by atoms with E-state index in [0.29, 0.717) is 10.8 Å². The maximum atomic E-state index is 12.2. The van der Waals surface area contributed by atoms with Gasteiger partial charge in [-0.1, -0.05) is 29.4 Å². The monoisotopic (exact) mass is 423 g/mol. The summed E-state index contributed by atoms with van der Waals surface area (Å²) in [6.07, 6.45) is 2.51. The number of carbonyl (C=O) groups excluding carboxylic acids is 1. The number of non-ortho nitro benzene ring substituents is 1. The number of benzene rings is 1. The van der Waals surface area contributed by atoms with E-state index in [0.717, 1.165) is 13.0 Å². The topological polar surface area (TPSA) is 103 Å². The number of hydrogen-bond donors (Lipinski definition) is 1. The van der Waals surface area contributed by atoms with Crippen LogP contribution in [0.4, 0.5) is 11.4 Å². The highest BCUT2D eigenvalue weighted by molar-refractivity contribution is 7.99. The van der Waals surface area contributed by atoms with E-state index in [2.05, 4.69) is 21.6 Å². The molecule has 0 fully saturated rings.